The van der Waals surface area contributed by atoms with Gasteiger partial charge in [-0.3, -0.25) is 5.32 Å². The first-order valence-corrected chi connectivity index (χ1v) is 10.5. The quantitative estimate of drug-likeness (QED) is 0.620. The Bertz CT molecular complexity index is 1040. The highest BCUT2D eigenvalue weighted by Gasteiger charge is 2.30. The highest BCUT2D eigenvalue weighted by molar-refractivity contribution is 7.85. The molecular weight excluding hydrogens is 380 g/mol. The van der Waals surface area contributed by atoms with Gasteiger partial charge in [-0.05, 0) is 49.7 Å². The van der Waals surface area contributed by atoms with E-state index in [-0.39, 0.29) is 0 Å². The zero-order chi connectivity index (χ0) is 20.9. The van der Waals surface area contributed by atoms with Crippen LogP contribution in [0.15, 0.2) is 82.6 Å². The lowest BCUT2D eigenvalue weighted by atomic mass is 9.93. The van der Waals surface area contributed by atoms with E-state index in [1.165, 1.54) is 0 Å². The van der Waals surface area contributed by atoms with Gasteiger partial charge < -0.3 is 4.74 Å². The molecule has 0 fully saturated rings. The number of nitrogens with zero attached hydrogens (tertiary/aromatic N) is 1. The smallest absolute Gasteiger partial charge is 0.130 e. The van der Waals surface area contributed by atoms with Gasteiger partial charge in [0.2, 0.25) is 0 Å². The van der Waals surface area contributed by atoms with Crippen LogP contribution in [0.2, 0.25) is 0 Å². The van der Waals surface area contributed by atoms with Gasteiger partial charge >= 0.3 is 0 Å². The molecule has 0 saturated heterocycles. The topological polar surface area (TPSA) is 62.1 Å². The van der Waals surface area contributed by atoms with Crippen molar-refractivity contribution in [3.63, 3.8) is 0 Å². The molecule has 0 aromatic heterocycles. The van der Waals surface area contributed by atoms with Crippen LogP contribution in [-0.2, 0) is 22.9 Å². The molecule has 0 radical (unpaired) electrons. The van der Waals surface area contributed by atoms with Crippen LogP contribution < -0.4 is 10.1 Å². The molecule has 0 aliphatic heterocycles. The van der Waals surface area contributed by atoms with E-state index in [9.17, 15) is 9.47 Å². The van der Waals surface area contributed by atoms with E-state index >= 15 is 0 Å². The van der Waals surface area contributed by atoms with Crippen LogP contribution in [0.1, 0.15) is 23.6 Å². The normalized spacial score (nSPS) is 13.9. The summed E-state index contributed by atoms with van der Waals surface area (Å²) >= 11 is 0. The van der Waals surface area contributed by atoms with Crippen molar-refractivity contribution in [1.82, 2.24) is 5.32 Å². The largest absolute Gasteiger partial charge is 0.497 e. The minimum Gasteiger partial charge on any atom is -0.497 e. The van der Waals surface area contributed by atoms with Gasteiger partial charge in [0.25, 0.3) is 0 Å². The molecule has 0 saturated carbocycles. The molecular formula is C24H24N2O2S. The van der Waals surface area contributed by atoms with E-state index in [1.807, 2.05) is 86.6 Å². The van der Waals surface area contributed by atoms with Crippen LogP contribution in [0.3, 0.4) is 0 Å². The number of rotatable bonds is 7. The Morgan fingerprint density at radius 1 is 1.03 bits per heavy atom. The standard InChI is InChI=1S/C24H24N2O2S/c1-18-8-14-21(15-9-18)29(27)23-7-5-4-6-22(23)24(2,17-25)26-16-19-10-12-20(28-3)13-11-19/h4-15,26H,16H2,1-3H3/t24-,29+/m1/s1. The van der Waals surface area contributed by atoms with Gasteiger partial charge in [0.05, 0.1) is 24.0 Å². The minimum atomic E-state index is -1.37. The van der Waals surface area contributed by atoms with Crippen LogP contribution in [0.5, 0.6) is 5.75 Å². The van der Waals surface area contributed by atoms with Crippen molar-refractivity contribution < 1.29 is 8.95 Å². The first kappa shape index (κ1) is 20.8. The maximum Gasteiger partial charge on any atom is 0.130 e. The maximum absolute atomic E-state index is 13.2. The Kier molecular flexibility index (Phi) is 6.48. The van der Waals surface area contributed by atoms with Gasteiger partial charge in [-0.1, -0.05) is 48.0 Å². The Hall–Kier alpha value is -2.94. The van der Waals surface area contributed by atoms with Gasteiger partial charge in [0.15, 0.2) is 0 Å². The van der Waals surface area contributed by atoms with E-state index in [2.05, 4.69) is 11.4 Å². The second-order valence-corrected chi connectivity index (χ2v) is 8.47. The van der Waals surface area contributed by atoms with Gasteiger partial charge in [0.1, 0.15) is 11.3 Å². The van der Waals surface area contributed by atoms with Crippen molar-refractivity contribution in [1.29, 1.82) is 5.26 Å². The van der Waals surface area contributed by atoms with Crippen molar-refractivity contribution >= 4 is 10.8 Å². The number of nitriles is 1. The average molecular weight is 405 g/mol. The van der Waals surface area contributed by atoms with E-state index < -0.39 is 16.3 Å². The molecule has 3 aromatic rings. The molecule has 148 valence electrons. The predicted octanol–water partition coefficient (Wildman–Crippen LogP) is 4.70. The molecule has 2 atom stereocenters. The number of hydrogen-bond donors (Lipinski definition) is 1. The molecule has 5 heteroatoms. The Morgan fingerprint density at radius 3 is 2.31 bits per heavy atom. The summed E-state index contributed by atoms with van der Waals surface area (Å²) in [6, 6.07) is 25.1. The molecule has 0 aliphatic rings. The van der Waals surface area contributed by atoms with Crippen molar-refractivity contribution in [3.05, 3.63) is 89.5 Å². The number of benzene rings is 3. The highest BCUT2D eigenvalue weighted by Crippen LogP contribution is 2.29. The van der Waals surface area contributed by atoms with Crippen LogP contribution in [0.25, 0.3) is 0 Å². The second kappa shape index (κ2) is 9.04. The van der Waals surface area contributed by atoms with E-state index in [4.69, 9.17) is 4.74 Å². The Balaban J connectivity index is 1.89. The molecule has 0 bridgehead atoms. The van der Waals surface area contributed by atoms with Crippen molar-refractivity contribution in [3.8, 4) is 11.8 Å². The summed E-state index contributed by atoms with van der Waals surface area (Å²) in [7, 11) is 0.255. The van der Waals surface area contributed by atoms with Crippen LogP contribution in [0, 0.1) is 18.3 Å². The van der Waals surface area contributed by atoms with Crippen molar-refractivity contribution in [2.45, 2.75) is 35.7 Å². The third kappa shape index (κ3) is 4.73. The minimum absolute atomic E-state index is 0.500. The zero-order valence-electron chi connectivity index (χ0n) is 16.8. The summed E-state index contributed by atoms with van der Waals surface area (Å²) in [6.45, 7) is 4.32. The summed E-state index contributed by atoms with van der Waals surface area (Å²) in [4.78, 5) is 1.36. The monoisotopic (exact) mass is 404 g/mol. The molecule has 0 aliphatic carbocycles. The van der Waals surface area contributed by atoms with Gasteiger partial charge in [-0.25, -0.2) is 4.21 Å². The molecule has 0 heterocycles. The summed E-state index contributed by atoms with van der Waals surface area (Å²) in [5.74, 6) is 0.788. The number of hydrogen-bond acceptors (Lipinski definition) is 4. The summed E-state index contributed by atoms with van der Waals surface area (Å²) in [6.07, 6.45) is 0. The van der Waals surface area contributed by atoms with E-state index in [0.717, 1.165) is 27.3 Å². The highest BCUT2D eigenvalue weighted by atomic mass is 32.2. The summed E-state index contributed by atoms with van der Waals surface area (Å²) in [5.41, 5.74) is 1.87. The molecule has 1 N–H and O–H groups in total. The van der Waals surface area contributed by atoms with E-state index in [0.29, 0.717) is 11.4 Å². The molecule has 4 nitrogen and oxygen atoms in total. The summed E-state index contributed by atoms with van der Waals surface area (Å²) < 4.78 is 18.4. The lowest BCUT2D eigenvalue weighted by Crippen LogP contribution is -2.38. The van der Waals surface area contributed by atoms with Gasteiger partial charge in [0, 0.05) is 21.9 Å². The lowest BCUT2D eigenvalue weighted by molar-refractivity contribution is 0.414. The average Bonchev–Trinajstić information content (AvgIpc) is 2.78. The third-order valence-electron chi connectivity index (χ3n) is 4.89. The SMILES string of the molecule is COc1ccc(CN[C@](C)(C#N)c2ccccc2[S@@](=O)c2ccc(C)cc2)cc1. The third-order valence-corrected chi connectivity index (χ3v) is 6.35. The number of ether oxygens (including phenoxy) is 1. The number of aryl methyl sites for hydroxylation is 1. The fourth-order valence-corrected chi connectivity index (χ4v) is 4.36. The zero-order valence-corrected chi connectivity index (χ0v) is 17.6. The van der Waals surface area contributed by atoms with Gasteiger partial charge in [-0.15, -0.1) is 0 Å². The molecule has 0 spiro atoms. The second-order valence-electron chi connectivity index (χ2n) is 7.02. The fraction of sp³-hybridized carbons (Fsp3) is 0.208. The number of nitrogens with one attached hydrogen (secondary N) is 1. The van der Waals surface area contributed by atoms with Crippen molar-refractivity contribution in [2.75, 3.05) is 7.11 Å². The Morgan fingerprint density at radius 2 is 1.69 bits per heavy atom. The molecule has 0 unspecified atom stereocenters. The lowest BCUT2D eigenvalue weighted by Gasteiger charge is -2.26. The maximum atomic E-state index is 13.2. The fourth-order valence-electron chi connectivity index (χ4n) is 3.05. The van der Waals surface area contributed by atoms with Gasteiger partial charge in [-0.2, -0.15) is 5.26 Å². The number of methoxy groups -OCH3 is 1. The first-order chi connectivity index (χ1) is 14.0. The molecule has 3 rings (SSSR count). The molecule has 3 aromatic carbocycles. The van der Waals surface area contributed by atoms with Crippen LogP contribution in [-0.4, -0.2) is 11.3 Å². The first-order valence-electron chi connectivity index (χ1n) is 9.34. The van der Waals surface area contributed by atoms with E-state index in [1.54, 1.807) is 7.11 Å². The molecule has 29 heavy (non-hydrogen) atoms. The Labute approximate surface area is 174 Å². The van der Waals surface area contributed by atoms with Crippen LogP contribution in [0.4, 0.5) is 0 Å². The van der Waals surface area contributed by atoms with Crippen LogP contribution >= 0.6 is 0 Å². The molecule has 0 amide bonds. The predicted molar refractivity (Wildman–Crippen MR) is 115 cm³/mol. The summed E-state index contributed by atoms with van der Waals surface area (Å²) in [5, 5.41) is 13.3. The van der Waals surface area contributed by atoms with Crippen molar-refractivity contribution in [2.24, 2.45) is 0 Å².